The topological polar surface area (TPSA) is 244 Å². The molecule has 2 spiro atoms. The van der Waals surface area contributed by atoms with E-state index in [-0.39, 0.29) is 24.3 Å². The lowest BCUT2D eigenvalue weighted by atomic mass is 9.74. The maximum Gasteiger partial charge on any atom is 0.410 e. The summed E-state index contributed by atoms with van der Waals surface area (Å²) in [7, 11) is 0. The van der Waals surface area contributed by atoms with Gasteiger partial charge in [0, 0.05) is 108 Å². The van der Waals surface area contributed by atoms with Gasteiger partial charge >= 0.3 is 18.2 Å². The third-order valence-electron chi connectivity index (χ3n) is 14.8. The molecule has 4 aliphatic rings. The van der Waals surface area contributed by atoms with Crippen molar-refractivity contribution < 1.29 is 43.3 Å². The monoisotopic (exact) mass is 1120 g/mol. The van der Waals surface area contributed by atoms with E-state index in [1.54, 1.807) is 43.0 Å². The van der Waals surface area contributed by atoms with Crippen LogP contribution in [0.1, 0.15) is 64.1 Å². The van der Waals surface area contributed by atoms with Crippen LogP contribution >= 0.6 is 0 Å². The number of amides is 5. The van der Waals surface area contributed by atoms with Crippen LogP contribution in [0.15, 0.2) is 159 Å². The lowest BCUT2D eigenvalue weighted by Gasteiger charge is -2.46. The molecule has 4 aromatic carbocycles. The van der Waals surface area contributed by atoms with Crippen molar-refractivity contribution in [2.75, 3.05) is 49.1 Å². The van der Waals surface area contributed by atoms with Crippen molar-refractivity contribution in [3.63, 3.8) is 0 Å². The molecule has 424 valence electrons. The van der Waals surface area contributed by atoms with Gasteiger partial charge in [0.1, 0.15) is 28.6 Å². The summed E-state index contributed by atoms with van der Waals surface area (Å²) in [5, 5.41) is 14.5. The van der Waals surface area contributed by atoms with Gasteiger partial charge in [-0.25, -0.2) is 9.59 Å². The summed E-state index contributed by atoms with van der Waals surface area (Å²) in [5.41, 5.74) is 12.0. The number of carbonyl (C=O) groups is 6. The number of alkyl carbamates (subject to hydrolysis) is 1. The molecule has 0 aliphatic carbocycles. The molecule has 0 radical (unpaired) electrons. The van der Waals surface area contributed by atoms with E-state index in [1.165, 1.54) is 0 Å². The van der Waals surface area contributed by atoms with E-state index >= 15 is 0 Å². The van der Waals surface area contributed by atoms with Crippen LogP contribution in [0.2, 0.25) is 0 Å². The number of likely N-dealkylation sites (tertiary alicyclic amines) is 2. The van der Waals surface area contributed by atoms with Crippen molar-refractivity contribution in [1.82, 2.24) is 35.1 Å². The average Bonchev–Trinajstić information content (AvgIpc) is 3.39. The molecule has 19 nitrogen and oxygen atoms in total. The number of carboxylic acid groups (broad SMARTS) is 1. The Hall–Kier alpha value is -9.62. The molecule has 4 aliphatic heterocycles. The summed E-state index contributed by atoms with van der Waals surface area (Å²) in [5.74, 6) is -1.24. The van der Waals surface area contributed by atoms with Gasteiger partial charge < -0.3 is 45.2 Å². The predicted molar refractivity (Wildman–Crippen MR) is 314 cm³/mol. The summed E-state index contributed by atoms with van der Waals surface area (Å²) in [6, 6.07) is 39.8. The second kappa shape index (κ2) is 22.7. The maximum absolute atomic E-state index is 14.0. The molecule has 2 saturated heterocycles. The second-order valence-electron chi connectivity index (χ2n) is 22.8. The lowest BCUT2D eigenvalue weighted by molar-refractivity contribution is -0.143. The Bertz CT molecular complexity index is 3800. The van der Waals surface area contributed by atoms with Crippen molar-refractivity contribution in [3.05, 3.63) is 181 Å². The molecule has 4 aromatic heterocycles. The Labute approximate surface area is 480 Å². The molecule has 2 fully saturated rings. The minimum Gasteiger partial charge on any atom is -0.480 e. The van der Waals surface area contributed by atoms with Crippen molar-refractivity contribution in [3.8, 4) is 22.3 Å². The molecule has 83 heavy (non-hydrogen) atoms. The molecule has 5 amide bonds. The van der Waals surface area contributed by atoms with E-state index < -0.39 is 46.7 Å². The third kappa shape index (κ3) is 11.4. The minimum absolute atomic E-state index is 0.00173. The highest BCUT2D eigenvalue weighted by molar-refractivity contribution is 6.11. The van der Waals surface area contributed by atoms with Gasteiger partial charge in [-0.15, -0.1) is 0 Å². The zero-order chi connectivity index (χ0) is 58.8. The van der Waals surface area contributed by atoms with E-state index in [4.69, 9.17) is 30.3 Å². The van der Waals surface area contributed by atoms with Gasteiger partial charge in [0.2, 0.25) is 17.7 Å². The van der Waals surface area contributed by atoms with Gasteiger partial charge in [-0.05, 0) is 87.7 Å². The van der Waals surface area contributed by atoms with Crippen molar-refractivity contribution >= 4 is 68.8 Å². The van der Waals surface area contributed by atoms with Gasteiger partial charge in [0.25, 0.3) is 0 Å². The van der Waals surface area contributed by atoms with Crippen LogP contribution < -0.4 is 20.9 Å². The average molecular weight is 1120 g/mol. The maximum atomic E-state index is 14.0. The highest BCUT2D eigenvalue weighted by atomic mass is 16.6. The van der Waals surface area contributed by atoms with E-state index in [0.29, 0.717) is 39.3 Å². The molecule has 0 bridgehead atoms. The summed E-state index contributed by atoms with van der Waals surface area (Å²) < 4.78 is 10.3. The van der Waals surface area contributed by atoms with Crippen molar-refractivity contribution in [1.29, 1.82) is 0 Å². The Balaban J connectivity index is 0.000000156. The molecular formula is C64H64N10O9. The number of rotatable bonds is 9. The summed E-state index contributed by atoms with van der Waals surface area (Å²) in [4.78, 5) is 98.6. The number of hydrogen-bond donors (Lipinski definition) is 3. The number of hydrogen-bond acceptors (Lipinski definition) is 13. The normalized spacial score (nSPS) is 15.3. The fourth-order valence-corrected chi connectivity index (χ4v) is 11.2. The molecule has 0 unspecified atom stereocenters. The number of ether oxygens (including phenoxy) is 2. The molecule has 8 heterocycles. The summed E-state index contributed by atoms with van der Waals surface area (Å²) in [6.07, 6.45) is 9.77. The van der Waals surface area contributed by atoms with Gasteiger partial charge in [-0.1, -0.05) is 97.1 Å². The van der Waals surface area contributed by atoms with Gasteiger partial charge in [0.05, 0.1) is 31.0 Å². The minimum atomic E-state index is -1.10. The Morgan fingerprint density at radius 3 is 1.43 bits per heavy atom. The Kier molecular flexibility index (Phi) is 15.5. The van der Waals surface area contributed by atoms with Crippen molar-refractivity contribution in [2.24, 2.45) is 5.73 Å². The SMILES string of the molecule is CC(C)(C)OC(=O)N1CC2(C1)C(=O)N(Cc1ncc3ccccc3c1-c1cccnc1)c1ccccc12.CC(C)(C)OC(=O)NCC(=O)O.NCC(=O)N1CC2(C1)C(=O)N(Cc1ncc3ccccc3c1-c1cccnc1)c1ccccc12. The largest absolute Gasteiger partial charge is 0.480 e. The van der Waals surface area contributed by atoms with E-state index in [0.717, 1.165) is 77.7 Å². The summed E-state index contributed by atoms with van der Waals surface area (Å²) >= 11 is 0. The summed E-state index contributed by atoms with van der Waals surface area (Å²) in [6.45, 7) is 12.1. The Morgan fingerprint density at radius 2 is 1.01 bits per heavy atom. The number of aliphatic carboxylic acids is 1. The quantitative estimate of drug-likeness (QED) is 0.122. The first-order valence-electron chi connectivity index (χ1n) is 27.2. The van der Waals surface area contributed by atoms with E-state index in [1.807, 2.05) is 165 Å². The van der Waals surface area contributed by atoms with E-state index in [9.17, 15) is 28.8 Å². The fraction of sp³-hybridized carbons (Fsp3) is 0.281. The molecule has 0 atom stereocenters. The van der Waals surface area contributed by atoms with Crippen LogP contribution in [-0.2, 0) is 52.6 Å². The predicted octanol–water partition coefficient (Wildman–Crippen LogP) is 8.81. The molecule has 12 rings (SSSR count). The van der Waals surface area contributed by atoms with Gasteiger partial charge in [0.15, 0.2) is 0 Å². The molecule has 4 N–H and O–H groups in total. The molecular weight excluding hydrogens is 1050 g/mol. The standard InChI is InChI=1S/C30H28N4O3.C27H23N5O2.C7H13NO4/c1-29(2,3)37-28(36)33-18-30(19-33)23-12-6-7-13-25(23)34(27(30)35)17-24-26(21-10-8-14-31-15-21)22-11-5-4-9-20(22)16-32-24;28-12-24(33)31-16-27(17-31)21-9-3-4-10-23(21)32(26(27)34)15-22-25(19-7-5-11-29-13-19)20-8-2-1-6-18(20)14-30-22;1-7(2,3)12-6(11)8-4-5(9)10/h4-16H,17-19H2,1-3H3;1-11,13-14H,12,15-17,28H2;4H2,1-3H3,(H,8,11)(H,9,10). The molecule has 0 saturated carbocycles. The number of nitrogens with two attached hydrogens (primary N) is 1. The van der Waals surface area contributed by atoms with Crippen LogP contribution in [0.25, 0.3) is 43.8 Å². The highest BCUT2D eigenvalue weighted by Gasteiger charge is 2.61. The van der Waals surface area contributed by atoms with Gasteiger partial charge in [-0.2, -0.15) is 0 Å². The van der Waals surface area contributed by atoms with Gasteiger partial charge in [-0.3, -0.25) is 39.1 Å². The zero-order valence-electron chi connectivity index (χ0n) is 47.0. The fourth-order valence-electron chi connectivity index (χ4n) is 11.2. The first-order valence-corrected chi connectivity index (χ1v) is 27.2. The number of para-hydroxylation sites is 2. The Morgan fingerprint density at radius 1 is 0.578 bits per heavy atom. The molecule has 8 aromatic rings. The number of anilines is 2. The number of nitrogens with zero attached hydrogens (tertiary/aromatic N) is 8. The number of nitrogens with one attached hydrogen (secondary N) is 1. The van der Waals surface area contributed by atoms with Crippen LogP contribution in [0.3, 0.4) is 0 Å². The number of fused-ring (bicyclic) bond motifs is 6. The smallest absolute Gasteiger partial charge is 0.410 e. The van der Waals surface area contributed by atoms with E-state index in [2.05, 4.69) is 27.4 Å². The highest BCUT2D eigenvalue weighted by Crippen LogP contribution is 2.50. The van der Waals surface area contributed by atoms with Crippen LogP contribution in [0.4, 0.5) is 21.0 Å². The number of pyridine rings is 4. The van der Waals surface area contributed by atoms with Crippen LogP contribution in [0, 0.1) is 0 Å². The van der Waals surface area contributed by atoms with Crippen LogP contribution in [-0.4, -0.2) is 121 Å². The lowest BCUT2D eigenvalue weighted by Crippen LogP contribution is -2.66. The number of aromatic nitrogens is 4. The third-order valence-corrected chi connectivity index (χ3v) is 14.8. The second-order valence-corrected chi connectivity index (χ2v) is 22.8. The number of benzene rings is 4. The van der Waals surface area contributed by atoms with Crippen molar-refractivity contribution in [2.45, 2.75) is 76.7 Å². The molecule has 19 heteroatoms. The zero-order valence-corrected chi connectivity index (χ0v) is 47.0. The first-order chi connectivity index (χ1) is 39.7. The number of carboxylic acids is 1. The van der Waals surface area contributed by atoms with Crippen LogP contribution in [0.5, 0.6) is 0 Å². The number of carbonyl (C=O) groups excluding carboxylic acids is 5. The first kappa shape index (κ1) is 56.6.